The standard InChI is InChI=1S/C13H12BrClF2N2O2.C12H11ClF2N2O2.BHNS/c1-7-12(11(14)13(20)21-7)19(6-10(16)17)5-8-2-3-9(15)18-4-8;13-10-2-1-8(4-16-10)5-17(6-11(14)15)9-3-12(18)19-7-9;1-2-3/h2-4,7,10H,5-6H2,1H3;1-4,11H,5-7H2;3H. The predicted octanol–water partition coefficient (Wildman–Crippen LogP) is 5.78. The second-order valence-electron chi connectivity index (χ2n) is 8.63. The molecule has 0 fully saturated rings. The van der Waals surface area contributed by atoms with Crippen LogP contribution in [0.15, 0.2) is 62.9 Å². The van der Waals surface area contributed by atoms with Crippen molar-refractivity contribution >= 4 is 71.5 Å². The number of aromatic nitrogens is 2. The second kappa shape index (κ2) is 18.2. The summed E-state index contributed by atoms with van der Waals surface area (Å²) < 4.78 is 63.4. The van der Waals surface area contributed by atoms with E-state index in [0.717, 1.165) is 5.56 Å². The Morgan fingerprint density at radius 1 is 1.02 bits per heavy atom. The van der Waals surface area contributed by atoms with Gasteiger partial charge in [0.25, 0.3) is 12.9 Å². The fraction of sp³-hybridized carbons (Fsp3) is 0.360. The molecule has 18 heteroatoms. The van der Waals surface area contributed by atoms with Gasteiger partial charge in [0.05, 0.1) is 24.5 Å². The van der Waals surface area contributed by atoms with Crippen LogP contribution in [-0.4, -0.2) is 78.0 Å². The number of carbonyl (C=O) groups is 2. The van der Waals surface area contributed by atoms with Gasteiger partial charge in [-0.1, -0.05) is 35.3 Å². The van der Waals surface area contributed by atoms with E-state index in [1.807, 2.05) is 0 Å². The van der Waals surface area contributed by atoms with E-state index in [2.05, 4.69) is 50.7 Å². The quantitative estimate of drug-likeness (QED) is 0.108. The van der Waals surface area contributed by atoms with E-state index in [0.29, 0.717) is 27.3 Å². The van der Waals surface area contributed by atoms with Crippen molar-refractivity contribution in [3.05, 3.63) is 80.0 Å². The number of rotatable bonds is 10. The molecule has 2 aromatic heterocycles. The van der Waals surface area contributed by atoms with Crippen molar-refractivity contribution in [3.8, 4) is 0 Å². The number of cyclic esters (lactones) is 2. The average Bonchev–Trinajstić information content (AvgIpc) is 3.47. The van der Waals surface area contributed by atoms with Crippen molar-refractivity contribution in [2.75, 3.05) is 19.7 Å². The molecule has 1 atom stereocenters. The summed E-state index contributed by atoms with van der Waals surface area (Å²) in [6.45, 7) is 1.09. The summed E-state index contributed by atoms with van der Waals surface area (Å²) in [5.74, 6) is -1.06. The Hall–Kier alpha value is -2.69. The van der Waals surface area contributed by atoms with Crippen molar-refractivity contribution in [1.82, 2.24) is 19.8 Å². The first-order chi connectivity index (χ1) is 20.3. The van der Waals surface area contributed by atoms with Crippen molar-refractivity contribution in [1.29, 1.82) is 0 Å². The molecule has 231 valence electrons. The number of esters is 2. The predicted molar refractivity (Wildman–Crippen MR) is 159 cm³/mol. The summed E-state index contributed by atoms with van der Waals surface area (Å²) >= 11 is 17.7. The van der Waals surface area contributed by atoms with Crippen molar-refractivity contribution in [2.45, 2.75) is 39.0 Å². The van der Waals surface area contributed by atoms with Gasteiger partial charge in [-0.25, -0.2) is 37.1 Å². The summed E-state index contributed by atoms with van der Waals surface area (Å²) in [6.07, 6.45) is -1.37. The van der Waals surface area contributed by atoms with Gasteiger partial charge in [0, 0.05) is 31.6 Å². The molecule has 4 rings (SSSR count). The fourth-order valence-electron chi connectivity index (χ4n) is 3.80. The molecule has 0 saturated carbocycles. The third kappa shape index (κ3) is 12.4. The number of thiol groups is 1. The van der Waals surface area contributed by atoms with E-state index in [1.165, 1.54) is 28.3 Å². The summed E-state index contributed by atoms with van der Waals surface area (Å²) in [5, 5.41) is 0.662. The van der Waals surface area contributed by atoms with Gasteiger partial charge in [0.15, 0.2) is 0 Å². The van der Waals surface area contributed by atoms with Gasteiger partial charge in [0.2, 0.25) is 0 Å². The number of carbonyl (C=O) groups excluding carboxylic acids is 2. The normalized spacial score (nSPS) is 15.7. The van der Waals surface area contributed by atoms with Gasteiger partial charge in [0.1, 0.15) is 27.5 Å². The van der Waals surface area contributed by atoms with Gasteiger partial charge < -0.3 is 19.3 Å². The van der Waals surface area contributed by atoms with Crippen molar-refractivity contribution in [3.63, 3.8) is 0 Å². The zero-order chi connectivity index (χ0) is 32.1. The van der Waals surface area contributed by atoms with Gasteiger partial charge in [-0.15, -0.1) is 0 Å². The second-order valence-corrected chi connectivity index (χ2v) is 10.4. The maximum atomic E-state index is 12.8. The molecule has 0 aromatic carbocycles. The average molecular weight is 728 g/mol. The Morgan fingerprint density at radius 3 is 1.88 bits per heavy atom. The third-order valence-electron chi connectivity index (χ3n) is 5.51. The van der Waals surface area contributed by atoms with E-state index in [9.17, 15) is 27.2 Å². The Balaban J connectivity index is 0.000000276. The van der Waals surface area contributed by atoms with Crippen molar-refractivity contribution < 1.29 is 36.6 Å². The van der Waals surface area contributed by atoms with Crippen LogP contribution in [0.2, 0.25) is 10.3 Å². The van der Waals surface area contributed by atoms with Gasteiger partial charge in [-0.3, -0.25) is 0 Å². The van der Waals surface area contributed by atoms with Gasteiger partial charge in [-0.2, -0.15) is 0 Å². The molecule has 0 spiro atoms. The Morgan fingerprint density at radius 2 is 1.51 bits per heavy atom. The summed E-state index contributed by atoms with van der Waals surface area (Å²) in [7, 11) is 4.34. The molecule has 1 unspecified atom stereocenters. The van der Waals surface area contributed by atoms with Crippen molar-refractivity contribution in [2.24, 2.45) is 4.30 Å². The van der Waals surface area contributed by atoms with Crippen LogP contribution >= 0.6 is 51.9 Å². The molecule has 4 heterocycles. The topological polar surface area (TPSA) is 97.2 Å². The van der Waals surface area contributed by atoms with Crippen LogP contribution in [0.5, 0.6) is 0 Å². The Labute approximate surface area is 270 Å². The number of nitrogens with zero attached hydrogens (tertiary/aromatic N) is 5. The summed E-state index contributed by atoms with van der Waals surface area (Å²) in [6, 6.07) is 6.57. The fourth-order valence-corrected chi connectivity index (χ4v) is 4.69. The van der Waals surface area contributed by atoms with Gasteiger partial charge in [-0.05, 0) is 46.1 Å². The molecule has 0 saturated heterocycles. The Bertz CT molecular complexity index is 1310. The molecule has 2 aliphatic rings. The molecule has 2 aromatic rings. The van der Waals surface area contributed by atoms with E-state index >= 15 is 0 Å². The first kappa shape index (κ1) is 36.5. The van der Waals surface area contributed by atoms with Crippen LogP contribution < -0.4 is 0 Å². The molecule has 1 radical (unpaired) electrons. The SMILES string of the molecule is CC1OC(=O)C(Br)=C1N(Cc1ccc(Cl)nc1)CC(F)F.O=C1C=C(N(Cc2ccc(Cl)nc2)CC(F)F)CO1.[B]=NS. The first-order valence-electron chi connectivity index (χ1n) is 12.1. The maximum absolute atomic E-state index is 12.8. The summed E-state index contributed by atoms with van der Waals surface area (Å²) in [4.78, 5) is 33.1. The number of halogens is 7. The van der Waals surface area contributed by atoms with Crippen LogP contribution in [0.3, 0.4) is 0 Å². The monoisotopic (exact) mass is 726 g/mol. The minimum absolute atomic E-state index is 0.0204. The van der Waals surface area contributed by atoms with Crippen LogP contribution in [0.25, 0.3) is 0 Å². The van der Waals surface area contributed by atoms with Gasteiger partial charge >= 0.3 is 36.7 Å². The molecule has 0 bridgehead atoms. The molecule has 2 aliphatic heterocycles. The number of pyridine rings is 2. The van der Waals surface area contributed by atoms with E-state index < -0.39 is 44.0 Å². The first-order valence-corrected chi connectivity index (χ1v) is 14.1. The van der Waals surface area contributed by atoms with E-state index in [-0.39, 0.29) is 24.2 Å². The summed E-state index contributed by atoms with van der Waals surface area (Å²) in [5.41, 5.74) is 2.29. The molecular formula is C25H24BBrCl2F4N5O4S. The molecule has 0 N–H and O–H groups in total. The molecule has 9 nitrogen and oxygen atoms in total. The molecular weight excluding hydrogens is 704 g/mol. The Kier molecular flexibility index (Phi) is 15.5. The zero-order valence-electron chi connectivity index (χ0n) is 22.3. The number of hydrogen-bond acceptors (Lipinski definition) is 10. The zero-order valence-corrected chi connectivity index (χ0v) is 26.3. The number of hydrogen-bond donors (Lipinski definition) is 1. The van der Waals surface area contributed by atoms with Crippen LogP contribution in [0.1, 0.15) is 18.1 Å². The van der Waals surface area contributed by atoms with Crippen LogP contribution in [0.4, 0.5) is 17.6 Å². The molecule has 43 heavy (non-hydrogen) atoms. The molecule has 0 amide bonds. The third-order valence-corrected chi connectivity index (χ3v) is 6.68. The van der Waals surface area contributed by atoms with E-state index in [4.69, 9.17) is 32.7 Å². The van der Waals surface area contributed by atoms with E-state index in [1.54, 1.807) is 31.2 Å². The molecule has 0 aliphatic carbocycles. The minimum atomic E-state index is -2.54. The van der Waals surface area contributed by atoms with Crippen LogP contribution in [0, 0.1) is 0 Å². The number of alkyl halides is 4. The van der Waals surface area contributed by atoms with Crippen LogP contribution in [-0.2, 0) is 32.2 Å². The number of ether oxygens (including phenoxy) is 2.